The van der Waals surface area contributed by atoms with E-state index < -0.39 is 0 Å². The van der Waals surface area contributed by atoms with Gasteiger partial charge < -0.3 is 4.79 Å². The van der Waals surface area contributed by atoms with Gasteiger partial charge in [-0.05, 0) is 18.5 Å². The van der Waals surface area contributed by atoms with Crippen LogP contribution in [0.4, 0.5) is 0 Å². The summed E-state index contributed by atoms with van der Waals surface area (Å²) in [6, 6.07) is 10.2. The molecule has 1 aromatic rings. The fraction of sp³-hybridized carbons (Fsp3) is 0.462. The first-order valence-corrected chi connectivity index (χ1v) is 5.34. The van der Waals surface area contributed by atoms with Crippen molar-refractivity contribution in [2.45, 2.75) is 26.4 Å². The van der Waals surface area contributed by atoms with Gasteiger partial charge >= 0.3 is 0 Å². The summed E-state index contributed by atoms with van der Waals surface area (Å²) in [6.45, 7) is 4.96. The maximum Gasteiger partial charge on any atom is 0.137 e. The summed E-state index contributed by atoms with van der Waals surface area (Å²) in [6.07, 6.45) is 1.04. The first-order valence-electron chi connectivity index (χ1n) is 5.34. The Balaban J connectivity index is 2.62. The Labute approximate surface area is 91.9 Å². The van der Waals surface area contributed by atoms with E-state index in [4.69, 9.17) is 0 Å². The second-order valence-corrected chi connectivity index (χ2v) is 4.27. The van der Waals surface area contributed by atoms with E-state index in [0.29, 0.717) is 5.92 Å². The standard InChI is InChI=1S/C13H19NO/c1-11(2)13(10-15)14(3)9-12-7-5-4-6-8-12/h4-8,10-11,13H,9H2,1-3H3/t13-/m1/s1. The molecule has 2 heteroatoms. The maximum atomic E-state index is 10.9. The molecule has 0 aliphatic rings. The Hall–Kier alpha value is -1.15. The van der Waals surface area contributed by atoms with Gasteiger partial charge in [0.2, 0.25) is 0 Å². The summed E-state index contributed by atoms with van der Waals surface area (Å²) in [5.74, 6) is 0.358. The number of carbonyl (C=O) groups is 1. The molecule has 0 amide bonds. The molecule has 82 valence electrons. The zero-order valence-corrected chi connectivity index (χ0v) is 9.68. The molecule has 0 aliphatic carbocycles. The van der Waals surface area contributed by atoms with E-state index in [1.54, 1.807) is 0 Å². The minimum absolute atomic E-state index is 0.00482. The van der Waals surface area contributed by atoms with E-state index in [1.165, 1.54) is 5.56 Å². The molecule has 2 nitrogen and oxygen atoms in total. The fourth-order valence-electron chi connectivity index (χ4n) is 1.75. The van der Waals surface area contributed by atoms with Gasteiger partial charge in [0, 0.05) is 6.54 Å². The Morgan fingerprint density at radius 1 is 1.27 bits per heavy atom. The molecular weight excluding hydrogens is 186 g/mol. The highest BCUT2D eigenvalue weighted by molar-refractivity contribution is 5.57. The molecule has 0 saturated carbocycles. The number of rotatable bonds is 5. The van der Waals surface area contributed by atoms with Crippen LogP contribution in [0.25, 0.3) is 0 Å². The average Bonchev–Trinajstić information content (AvgIpc) is 2.19. The number of carbonyl (C=O) groups excluding carboxylic acids is 1. The molecule has 0 spiro atoms. The zero-order chi connectivity index (χ0) is 11.3. The molecule has 1 atom stereocenters. The van der Waals surface area contributed by atoms with Crippen molar-refractivity contribution in [3.05, 3.63) is 35.9 Å². The first kappa shape index (κ1) is 11.9. The van der Waals surface area contributed by atoms with Crippen LogP contribution in [0.5, 0.6) is 0 Å². The monoisotopic (exact) mass is 205 g/mol. The Morgan fingerprint density at radius 2 is 1.87 bits per heavy atom. The molecule has 1 rings (SSSR count). The molecule has 0 heterocycles. The lowest BCUT2D eigenvalue weighted by Crippen LogP contribution is -2.36. The van der Waals surface area contributed by atoms with E-state index in [9.17, 15) is 4.79 Å². The second kappa shape index (κ2) is 5.66. The van der Waals surface area contributed by atoms with Crippen molar-refractivity contribution >= 4 is 6.29 Å². The van der Waals surface area contributed by atoms with Crippen LogP contribution in [-0.4, -0.2) is 24.3 Å². The highest BCUT2D eigenvalue weighted by Crippen LogP contribution is 2.10. The summed E-state index contributed by atoms with van der Waals surface area (Å²) >= 11 is 0. The van der Waals surface area contributed by atoms with E-state index >= 15 is 0 Å². The van der Waals surface area contributed by atoms with Crippen LogP contribution in [0.1, 0.15) is 19.4 Å². The summed E-state index contributed by atoms with van der Waals surface area (Å²) in [4.78, 5) is 13.0. The van der Waals surface area contributed by atoms with E-state index in [2.05, 4.69) is 30.9 Å². The molecular formula is C13H19NO. The molecule has 0 unspecified atom stereocenters. The van der Waals surface area contributed by atoms with Gasteiger partial charge in [0.25, 0.3) is 0 Å². The lowest BCUT2D eigenvalue weighted by molar-refractivity contribution is -0.113. The third-order valence-electron chi connectivity index (χ3n) is 2.61. The molecule has 0 fully saturated rings. The van der Waals surface area contributed by atoms with Crippen molar-refractivity contribution < 1.29 is 4.79 Å². The number of nitrogens with zero attached hydrogens (tertiary/aromatic N) is 1. The third-order valence-corrected chi connectivity index (χ3v) is 2.61. The second-order valence-electron chi connectivity index (χ2n) is 4.27. The van der Waals surface area contributed by atoms with Crippen molar-refractivity contribution in [3.8, 4) is 0 Å². The molecule has 1 aromatic carbocycles. The Kier molecular flexibility index (Phi) is 4.50. The molecule has 0 aliphatic heterocycles. The lowest BCUT2D eigenvalue weighted by Gasteiger charge is -2.26. The van der Waals surface area contributed by atoms with Crippen LogP contribution >= 0.6 is 0 Å². The molecule has 15 heavy (non-hydrogen) atoms. The minimum atomic E-state index is 0.00482. The lowest BCUT2D eigenvalue weighted by atomic mass is 10.0. The van der Waals surface area contributed by atoms with Crippen molar-refractivity contribution in [1.29, 1.82) is 0 Å². The molecule has 0 aromatic heterocycles. The average molecular weight is 205 g/mol. The largest absolute Gasteiger partial charge is 0.302 e. The van der Waals surface area contributed by atoms with Gasteiger partial charge in [-0.3, -0.25) is 4.90 Å². The predicted octanol–water partition coefficient (Wildman–Crippen LogP) is 2.34. The number of aldehydes is 1. The van der Waals surface area contributed by atoms with Crippen LogP contribution in [0, 0.1) is 5.92 Å². The number of likely N-dealkylation sites (N-methyl/N-ethyl adjacent to an activating group) is 1. The Morgan fingerprint density at radius 3 is 2.33 bits per heavy atom. The van der Waals surface area contributed by atoms with E-state index in [-0.39, 0.29) is 6.04 Å². The minimum Gasteiger partial charge on any atom is -0.302 e. The maximum absolute atomic E-state index is 10.9. The predicted molar refractivity (Wildman–Crippen MR) is 62.6 cm³/mol. The quantitative estimate of drug-likeness (QED) is 0.688. The molecule has 0 saturated heterocycles. The molecule has 0 radical (unpaired) electrons. The van der Waals surface area contributed by atoms with Crippen molar-refractivity contribution in [2.24, 2.45) is 5.92 Å². The van der Waals surface area contributed by atoms with Crippen LogP contribution in [0.15, 0.2) is 30.3 Å². The topological polar surface area (TPSA) is 20.3 Å². The summed E-state index contributed by atoms with van der Waals surface area (Å²) in [7, 11) is 1.99. The summed E-state index contributed by atoms with van der Waals surface area (Å²) in [5, 5.41) is 0. The zero-order valence-electron chi connectivity index (χ0n) is 9.68. The Bertz CT molecular complexity index is 295. The number of hydrogen-bond donors (Lipinski definition) is 0. The van der Waals surface area contributed by atoms with Gasteiger partial charge in [0.05, 0.1) is 6.04 Å². The van der Waals surface area contributed by atoms with Crippen LogP contribution in [-0.2, 0) is 11.3 Å². The van der Waals surface area contributed by atoms with E-state index in [1.807, 2.05) is 25.2 Å². The van der Waals surface area contributed by atoms with Crippen molar-refractivity contribution in [3.63, 3.8) is 0 Å². The SMILES string of the molecule is CC(C)[C@@H](C=O)N(C)Cc1ccccc1. The van der Waals surface area contributed by atoms with Gasteiger partial charge in [-0.2, -0.15) is 0 Å². The van der Waals surface area contributed by atoms with Gasteiger partial charge in [-0.25, -0.2) is 0 Å². The van der Waals surface area contributed by atoms with Crippen LogP contribution in [0.3, 0.4) is 0 Å². The number of benzene rings is 1. The normalized spacial score (nSPS) is 13.1. The highest BCUT2D eigenvalue weighted by Gasteiger charge is 2.17. The highest BCUT2D eigenvalue weighted by atomic mass is 16.1. The van der Waals surface area contributed by atoms with E-state index in [0.717, 1.165) is 12.8 Å². The molecule has 0 N–H and O–H groups in total. The first-order chi connectivity index (χ1) is 7.15. The van der Waals surface area contributed by atoms with Gasteiger partial charge in [0.15, 0.2) is 0 Å². The molecule has 0 bridgehead atoms. The van der Waals surface area contributed by atoms with Crippen molar-refractivity contribution in [1.82, 2.24) is 4.90 Å². The third kappa shape index (κ3) is 3.48. The number of hydrogen-bond acceptors (Lipinski definition) is 2. The van der Waals surface area contributed by atoms with Gasteiger partial charge in [-0.15, -0.1) is 0 Å². The van der Waals surface area contributed by atoms with Gasteiger partial charge in [-0.1, -0.05) is 44.2 Å². The van der Waals surface area contributed by atoms with Gasteiger partial charge in [0.1, 0.15) is 6.29 Å². The summed E-state index contributed by atoms with van der Waals surface area (Å²) in [5.41, 5.74) is 1.24. The smallest absolute Gasteiger partial charge is 0.137 e. The van der Waals surface area contributed by atoms with Crippen LogP contribution < -0.4 is 0 Å². The van der Waals surface area contributed by atoms with Crippen LogP contribution in [0.2, 0.25) is 0 Å². The van der Waals surface area contributed by atoms with Crippen molar-refractivity contribution in [2.75, 3.05) is 7.05 Å². The fourth-order valence-corrected chi connectivity index (χ4v) is 1.75. The summed E-state index contributed by atoms with van der Waals surface area (Å²) < 4.78 is 0.